The first-order valence-electron chi connectivity index (χ1n) is 5.98. The van der Waals surface area contributed by atoms with Crippen molar-refractivity contribution in [2.24, 2.45) is 7.05 Å². The molecule has 1 aromatic carbocycles. The van der Waals surface area contributed by atoms with Crippen LogP contribution < -0.4 is 5.32 Å². The average molecular weight is 397 g/mol. The summed E-state index contributed by atoms with van der Waals surface area (Å²) in [6.45, 7) is 1.59. The van der Waals surface area contributed by atoms with Crippen molar-refractivity contribution in [2.75, 3.05) is 5.32 Å². The lowest BCUT2D eigenvalue weighted by molar-refractivity contribution is -0.138. The smallest absolute Gasteiger partial charge is 0.322 e. The Kier molecular flexibility index (Phi) is 4.53. The van der Waals surface area contributed by atoms with Gasteiger partial charge in [-0.2, -0.15) is 18.3 Å². The minimum Gasteiger partial charge on any atom is -0.322 e. The number of aromatic nitrogens is 2. The summed E-state index contributed by atoms with van der Waals surface area (Å²) in [5.41, 5.74) is -0.349. The second-order valence-electron chi connectivity index (χ2n) is 4.52. The summed E-state index contributed by atoms with van der Waals surface area (Å²) < 4.78 is 39.7. The zero-order valence-corrected chi connectivity index (χ0v) is 13.8. The molecule has 22 heavy (non-hydrogen) atoms. The Morgan fingerprint density at radius 3 is 2.55 bits per heavy atom. The van der Waals surface area contributed by atoms with E-state index in [4.69, 9.17) is 11.6 Å². The molecule has 0 aliphatic carbocycles. The van der Waals surface area contributed by atoms with Gasteiger partial charge in [0.1, 0.15) is 5.15 Å². The highest BCUT2D eigenvalue weighted by atomic mass is 79.9. The molecule has 0 aliphatic rings. The lowest BCUT2D eigenvalue weighted by atomic mass is 10.2. The number of amides is 1. The van der Waals surface area contributed by atoms with Gasteiger partial charge in [0.05, 0.1) is 16.8 Å². The van der Waals surface area contributed by atoms with E-state index in [-0.39, 0.29) is 20.9 Å². The number of hydrogen-bond donors (Lipinski definition) is 1. The van der Waals surface area contributed by atoms with Crippen LogP contribution in [0.25, 0.3) is 0 Å². The second kappa shape index (κ2) is 5.92. The summed E-state index contributed by atoms with van der Waals surface area (Å²) in [6.07, 6.45) is -4.53. The van der Waals surface area contributed by atoms with E-state index in [1.807, 2.05) is 0 Å². The van der Waals surface area contributed by atoms with Crippen LogP contribution in [0.1, 0.15) is 21.6 Å². The van der Waals surface area contributed by atoms with Crippen LogP contribution in [0.15, 0.2) is 22.7 Å². The van der Waals surface area contributed by atoms with E-state index in [0.29, 0.717) is 5.69 Å². The largest absolute Gasteiger partial charge is 0.417 e. The van der Waals surface area contributed by atoms with Crippen LogP contribution in [-0.2, 0) is 13.2 Å². The van der Waals surface area contributed by atoms with E-state index in [9.17, 15) is 18.0 Å². The van der Waals surface area contributed by atoms with Gasteiger partial charge in [-0.3, -0.25) is 9.48 Å². The molecular formula is C13H10BrClF3N3O. The third-order valence-electron chi connectivity index (χ3n) is 2.91. The quantitative estimate of drug-likeness (QED) is 0.817. The van der Waals surface area contributed by atoms with Crippen LogP contribution in [0.5, 0.6) is 0 Å². The average Bonchev–Trinajstić information content (AvgIpc) is 2.64. The summed E-state index contributed by atoms with van der Waals surface area (Å²) in [4.78, 5) is 12.2. The van der Waals surface area contributed by atoms with E-state index in [1.165, 1.54) is 16.8 Å². The molecule has 0 bridgehead atoms. The number of halogens is 5. The number of anilines is 1. The molecule has 0 fully saturated rings. The molecule has 0 saturated carbocycles. The zero-order valence-electron chi connectivity index (χ0n) is 11.4. The summed E-state index contributed by atoms with van der Waals surface area (Å²) >= 11 is 8.79. The van der Waals surface area contributed by atoms with Crippen LogP contribution in [0, 0.1) is 6.92 Å². The molecule has 0 aliphatic heterocycles. The number of rotatable bonds is 2. The normalized spacial score (nSPS) is 11.6. The molecule has 0 saturated heterocycles. The predicted octanol–water partition coefficient (Wildman–Crippen LogP) is 4.42. The van der Waals surface area contributed by atoms with E-state index >= 15 is 0 Å². The standard InChI is InChI=1S/C13H10BrClF3N3O/c1-6-10(11(15)21(2)20-6)12(22)19-7-3-4-9(14)8(5-7)13(16,17)18/h3-5H,1-2H3,(H,19,22). The molecule has 1 heterocycles. The van der Waals surface area contributed by atoms with Gasteiger partial charge in [-0.05, 0) is 25.1 Å². The summed E-state index contributed by atoms with van der Waals surface area (Å²) in [5.74, 6) is -0.619. The van der Waals surface area contributed by atoms with Gasteiger partial charge >= 0.3 is 6.18 Å². The number of carbonyl (C=O) groups is 1. The van der Waals surface area contributed by atoms with Gasteiger partial charge in [-0.25, -0.2) is 0 Å². The monoisotopic (exact) mass is 395 g/mol. The van der Waals surface area contributed by atoms with Crippen molar-refractivity contribution in [1.29, 1.82) is 0 Å². The Morgan fingerprint density at radius 1 is 1.41 bits per heavy atom. The lowest BCUT2D eigenvalue weighted by Crippen LogP contribution is -2.14. The molecule has 1 amide bonds. The van der Waals surface area contributed by atoms with Crippen LogP contribution in [0.4, 0.5) is 18.9 Å². The van der Waals surface area contributed by atoms with Crippen LogP contribution in [0.2, 0.25) is 5.15 Å². The van der Waals surface area contributed by atoms with Crippen LogP contribution in [0.3, 0.4) is 0 Å². The fourth-order valence-corrected chi connectivity index (χ4v) is 2.63. The molecule has 2 rings (SSSR count). The van der Waals surface area contributed by atoms with Gasteiger partial charge in [0.25, 0.3) is 5.91 Å². The number of nitrogens with one attached hydrogen (secondary N) is 1. The Bertz CT molecular complexity index is 743. The Balaban J connectivity index is 2.33. The third-order valence-corrected chi connectivity index (χ3v) is 4.03. The van der Waals surface area contributed by atoms with Gasteiger partial charge in [0.2, 0.25) is 0 Å². The minimum atomic E-state index is -4.53. The molecule has 0 unspecified atom stereocenters. The molecule has 0 spiro atoms. The van der Waals surface area contributed by atoms with Crippen molar-refractivity contribution in [1.82, 2.24) is 9.78 Å². The maximum atomic E-state index is 12.8. The van der Waals surface area contributed by atoms with Crippen LogP contribution in [-0.4, -0.2) is 15.7 Å². The zero-order chi connectivity index (χ0) is 16.7. The molecule has 1 N–H and O–H groups in total. The predicted molar refractivity (Wildman–Crippen MR) is 80.1 cm³/mol. The number of carbonyl (C=O) groups excluding carboxylic acids is 1. The molecule has 118 valence electrons. The molecule has 1 aromatic heterocycles. The molecule has 9 heteroatoms. The second-order valence-corrected chi connectivity index (χ2v) is 5.73. The van der Waals surface area contributed by atoms with Crippen LogP contribution >= 0.6 is 27.5 Å². The number of hydrogen-bond acceptors (Lipinski definition) is 2. The van der Waals surface area contributed by atoms with Crippen molar-refractivity contribution in [3.05, 3.63) is 44.6 Å². The number of aryl methyl sites for hydroxylation is 2. The van der Waals surface area contributed by atoms with E-state index in [0.717, 1.165) is 6.07 Å². The Hall–Kier alpha value is -1.54. The van der Waals surface area contributed by atoms with Gasteiger partial charge in [-0.15, -0.1) is 0 Å². The fraction of sp³-hybridized carbons (Fsp3) is 0.231. The van der Waals surface area contributed by atoms with Gasteiger partial charge in [-0.1, -0.05) is 27.5 Å². The summed E-state index contributed by atoms with van der Waals surface area (Å²) in [6, 6.07) is 3.43. The number of benzene rings is 1. The topological polar surface area (TPSA) is 46.9 Å². The highest BCUT2D eigenvalue weighted by Gasteiger charge is 2.33. The minimum absolute atomic E-state index is 0.0137. The number of nitrogens with zero attached hydrogens (tertiary/aromatic N) is 2. The molecule has 4 nitrogen and oxygen atoms in total. The summed E-state index contributed by atoms with van der Waals surface area (Å²) in [7, 11) is 1.56. The van der Waals surface area contributed by atoms with E-state index in [1.54, 1.807) is 14.0 Å². The first kappa shape index (κ1) is 16.8. The van der Waals surface area contributed by atoms with Gasteiger partial charge < -0.3 is 5.32 Å². The SMILES string of the molecule is Cc1nn(C)c(Cl)c1C(=O)Nc1ccc(Br)c(C(F)(F)F)c1. The molecular weight excluding hydrogens is 387 g/mol. The highest BCUT2D eigenvalue weighted by molar-refractivity contribution is 9.10. The third kappa shape index (κ3) is 3.27. The fourth-order valence-electron chi connectivity index (χ4n) is 1.90. The van der Waals surface area contributed by atoms with Crippen molar-refractivity contribution < 1.29 is 18.0 Å². The Morgan fingerprint density at radius 2 is 2.05 bits per heavy atom. The molecule has 0 radical (unpaired) electrons. The number of alkyl halides is 3. The highest BCUT2D eigenvalue weighted by Crippen LogP contribution is 2.36. The van der Waals surface area contributed by atoms with Gasteiger partial charge in [0, 0.05) is 17.2 Å². The van der Waals surface area contributed by atoms with E-state index in [2.05, 4.69) is 26.3 Å². The molecule has 2 aromatic rings. The first-order valence-corrected chi connectivity index (χ1v) is 7.15. The molecule has 0 atom stereocenters. The Labute approximate surface area is 137 Å². The summed E-state index contributed by atoms with van der Waals surface area (Å²) in [5, 5.41) is 6.49. The maximum absolute atomic E-state index is 12.8. The van der Waals surface area contributed by atoms with Crippen molar-refractivity contribution in [3.8, 4) is 0 Å². The lowest BCUT2D eigenvalue weighted by Gasteiger charge is -2.12. The first-order chi connectivity index (χ1) is 10.1. The van der Waals surface area contributed by atoms with Crippen molar-refractivity contribution >= 4 is 39.1 Å². The van der Waals surface area contributed by atoms with Gasteiger partial charge in [0.15, 0.2) is 0 Å². The van der Waals surface area contributed by atoms with Crippen molar-refractivity contribution in [3.63, 3.8) is 0 Å². The maximum Gasteiger partial charge on any atom is 0.417 e. The van der Waals surface area contributed by atoms with E-state index < -0.39 is 17.6 Å². The van der Waals surface area contributed by atoms with Crippen molar-refractivity contribution in [2.45, 2.75) is 13.1 Å².